The summed E-state index contributed by atoms with van der Waals surface area (Å²) in [5.41, 5.74) is 0. The van der Waals surface area contributed by atoms with Gasteiger partial charge in [-0.2, -0.15) is 0 Å². The lowest BCUT2D eigenvalue weighted by Crippen LogP contribution is -2.62. The fraction of sp³-hybridized carbons (Fsp3) is 0.769. The van der Waals surface area contributed by atoms with Crippen molar-refractivity contribution < 1.29 is 9.59 Å². The third-order valence-corrected chi connectivity index (χ3v) is 4.19. The lowest BCUT2D eigenvalue weighted by Gasteiger charge is -2.37. The van der Waals surface area contributed by atoms with Gasteiger partial charge in [0, 0.05) is 6.04 Å². The fourth-order valence-corrected chi connectivity index (χ4v) is 3.15. The molecule has 2 aliphatic rings. The summed E-state index contributed by atoms with van der Waals surface area (Å²) in [4.78, 5) is 25.0. The second-order valence-electron chi connectivity index (χ2n) is 5.25. The van der Waals surface area contributed by atoms with E-state index in [1.807, 2.05) is 6.92 Å². The first-order valence-corrected chi connectivity index (χ1v) is 7.43. The van der Waals surface area contributed by atoms with Gasteiger partial charge in [0.15, 0.2) is 5.11 Å². The van der Waals surface area contributed by atoms with Crippen molar-refractivity contribution in [3.63, 3.8) is 0 Å². The molecule has 0 radical (unpaired) electrons. The maximum Gasteiger partial charge on any atom is 0.249 e. The topological polar surface area (TPSA) is 61.4 Å². The first-order valence-electron chi connectivity index (χ1n) is 7.02. The molecule has 0 aromatic heterocycles. The molecule has 0 aromatic carbocycles. The number of hydrogen-bond donors (Lipinski definition) is 2. The van der Waals surface area contributed by atoms with Crippen LogP contribution in [0.15, 0.2) is 0 Å². The molecule has 0 bridgehead atoms. The summed E-state index contributed by atoms with van der Waals surface area (Å²) in [6.07, 6.45) is 6.60. The molecule has 2 rings (SSSR count). The van der Waals surface area contributed by atoms with Gasteiger partial charge in [0.25, 0.3) is 0 Å². The molecule has 2 fully saturated rings. The molecular weight excluding hydrogens is 262 g/mol. The largest absolute Gasteiger partial charge is 0.360 e. The van der Waals surface area contributed by atoms with Crippen LogP contribution in [0, 0.1) is 0 Å². The van der Waals surface area contributed by atoms with E-state index in [9.17, 15) is 9.59 Å². The summed E-state index contributed by atoms with van der Waals surface area (Å²) in [6.45, 7) is 2.10. The highest BCUT2D eigenvalue weighted by atomic mass is 32.1. The number of nitrogens with one attached hydrogen (secondary N) is 2. The first kappa shape index (κ1) is 14.2. The van der Waals surface area contributed by atoms with Crippen LogP contribution in [0.3, 0.4) is 0 Å². The monoisotopic (exact) mass is 283 g/mol. The number of rotatable bonds is 2. The lowest BCUT2D eigenvalue weighted by molar-refractivity contribution is -0.137. The van der Waals surface area contributed by atoms with Gasteiger partial charge >= 0.3 is 0 Å². The molecular formula is C13H21N3O2S. The molecule has 1 heterocycles. The maximum absolute atomic E-state index is 11.8. The molecule has 6 heteroatoms. The second kappa shape index (κ2) is 6.32. The molecule has 1 saturated carbocycles. The van der Waals surface area contributed by atoms with E-state index in [2.05, 4.69) is 10.6 Å². The van der Waals surface area contributed by atoms with Gasteiger partial charge in [-0.3, -0.25) is 14.9 Å². The maximum atomic E-state index is 11.8. The van der Waals surface area contributed by atoms with E-state index in [0.29, 0.717) is 17.6 Å². The van der Waals surface area contributed by atoms with E-state index in [1.165, 1.54) is 19.3 Å². The molecule has 0 aromatic rings. The minimum Gasteiger partial charge on any atom is -0.360 e. The van der Waals surface area contributed by atoms with Crippen LogP contribution >= 0.6 is 12.2 Å². The smallest absolute Gasteiger partial charge is 0.249 e. The van der Waals surface area contributed by atoms with Gasteiger partial charge < -0.3 is 10.2 Å². The number of thiocarbonyl (C=S) groups is 1. The van der Waals surface area contributed by atoms with Crippen molar-refractivity contribution in [1.29, 1.82) is 0 Å². The summed E-state index contributed by atoms with van der Waals surface area (Å²) in [7, 11) is 0. The van der Waals surface area contributed by atoms with Crippen LogP contribution in [-0.2, 0) is 9.59 Å². The molecule has 1 aliphatic carbocycles. The summed E-state index contributed by atoms with van der Waals surface area (Å²) in [6, 6.07) is 0.0557. The normalized spacial score (nSPS) is 25.1. The predicted molar refractivity (Wildman–Crippen MR) is 76.5 cm³/mol. The van der Waals surface area contributed by atoms with Crippen LogP contribution in [0.2, 0.25) is 0 Å². The van der Waals surface area contributed by atoms with E-state index in [4.69, 9.17) is 12.2 Å². The zero-order valence-electron chi connectivity index (χ0n) is 11.3. The highest BCUT2D eigenvalue weighted by Crippen LogP contribution is 2.18. The second-order valence-corrected chi connectivity index (χ2v) is 5.64. The van der Waals surface area contributed by atoms with Gasteiger partial charge in [0.1, 0.15) is 12.6 Å². The van der Waals surface area contributed by atoms with E-state index in [0.717, 1.165) is 12.8 Å². The van der Waals surface area contributed by atoms with Gasteiger partial charge in [-0.05, 0) is 31.5 Å². The number of imide groups is 1. The SMILES string of the molecule is CCC1C(=O)NC(=O)CN1C(=S)NC1CCCCC1. The number of amides is 2. The highest BCUT2D eigenvalue weighted by molar-refractivity contribution is 7.80. The van der Waals surface area contributed by atoms with Crippen molar-refractivity contribution in [2.45, 2.75) is 57.5 Å². The summed E-state index contributed by atoms with van der Waals surface area (Å²) >= 11 is 5.39. The molecule has 2 amide bonds. The number of hydrogen-bond acceptors (Lipinski definition) is 3. The Morgan fingerprint density at radius 1 is 1.37 bits per heavy atom. The Kier molecular flexibility index (Phi) is 4.74. The van der Waals surface area contributed by atoms with Crippen molar-refractivity contribution in [1.82, 2.24) is 15.5 Å². The highest BCUT2D eigenvalue weighted by Gasteiger charge is 2.34. The van der Waals surface area contributed by atoms with Gasteiger partial charge in [-0.1, -0.05) is 26.2 Å². The van der Waals surface area contributed by atoms with Gasteiger partial charge in [0.2, 0.25) is 11.8 Å². The van der Waals surface area contributed by atoms with Gasteiger partial charge in [0.05, 0.1) is 0 Å². The Hall–Kier alpha value is -1.17. The Bertz CT molecular complexity index is 380. The van der Waals surface area contributed by atoms with Crippen molar-refractivity contribution in [2.24, 2.45) is 0 Å². The Labute approximate surface area is 119 Å². The number of carbonyl (C=O) groups excluding carboxylic acids is 2. The minimum absolute atomic E-state index is 0.169. The zero-order valence-corrected chi connectivity index (χ0v) is 12.1. The Balaban J connectivity index is 1.98. The molecule has 2 N–H and O–H groups in total. The summed E-state index contributed by atoms with van der Waals surface area (Å²) in [5.74, 6) is -0.519. The third-order valence-electron chi connectivity index (χ3n) is 3.84. The average Bonchev–Trinajstić information content (AvgIpc) is 2.39. The van der Waals surface area contributed by atoms with E-state index < -0.39 is 0 Å². The van der Waals surface area contributed by atoms with Crippen LogP contribution in [0.5, 0.6) is 0 Å². The predicted octanol–water partition coefficient (Wildman–Crippen LogP) is 0.931. The van der Waals surface area contributed by atoms with Crippen LogP contribution in [-0.4, -0.2) is 40.5 Å². The summed E-state index contributed by atoms with van der Waals surface area (Å²) < 4.78 is 0. The molecule has 0 spiro atoms. The molecule has 1 saturated heterocycles. The van der Waals surface area contributed by atoms with Crippen molar-refractivity contribution in [3.05, 3.63) is 0 Å². The molecule has 5 nitrogen and oxygen atoms in total. The standard InChI is InChI=1S/C13H21N3O2S/c1-2-10-12(18)15-11(17)8-16(10)13(19)14-9-6-4-3-5-7-9/h9-10H,2-8H2,1H3,(H,14,19)(H,15,17,18). The van der Waals surface area contributed by atoms with Gasteiger partial charge in [-0.15, -0.1) is 0 Å². The molecule has 19 heavy (non-hydrogen) atoms. The first-order chi connectivity index (χ1) is 9.11. The Morgan fingerprint density at radius 2 is 2.05 bits per heavy atom. The van der Waals surface area contributed by atoms with Crippen LogP contribution in [0.1, 0.15) is 45.4 Å². The van der Waals surface area contributed by atoms with E-state index in [-0.39, 0.29) is 24.4 Å². The summed E-state index contributed by atoms with van der Waals surface area (Å²) in [5, 5.41) is 6.22. The van der Waals surface area contributed by atoms with Crippen LogP contribution < -0.4 is 10.6 Å². The van der Waals surface area contributed by atoms with E-state index in [1.54, 1.807) is 4.90 Å². The fourth-order valence-electron chi connectivity index (χ4n) is 2.79. The molecule has 1 atom stereocenters. The molecule has 106 valence electrons. The Morgan fingerprint density at radius 3 is 2.68 bits per heavy atom. The van der Waals surface area contributed by atoms with Crippen LogP contribution in [0.4, 0.5) is 0 Å². The van der Waals surface area contributed by atoms with Crippen molar-refractivity contribution >= 4 is 29.1 Å². The number of carbonyl (C=O) groups is 2. The van der Waals surface area contributed by atoms with Crippen LogP contribution in [0.25, 0.3) is 0 Å². The van der Waals surface area contributed by atoms with Crippen molar-refractivity contribution in [2.75, 3.05) is 6.54 Å². The quantitative estimate of drug-likeness (QED) is 0.583. The lowest BCUT2D eigenvalue weighted by atomic mass is 9.96. The molecule has 1 unspecified atom stereocenters. The number of piperazine rings is 1. The zero-order chi connectivity index (χ0) is 13.8. The van der Waals surface area contributed by atoms with Crippen molar-refractivity contribution in [3.8, 4) is 0 Å². The van der Waals surface area contributed by atoms with Gasteiger partial charge in [-0.25, -0.2) is 0 Å². The third kappa shape index (κ3) is 3.43. The number of nitrogens with zero attached hydrogens (tertiary/aromatic N) is 1. The molecule has 1 aliphatic heterocycles. The average molecular weight is 283 g/mol. The minimum atomic E-state index is -0.332. The van der Waals surface area contributed by atoms with E-state index >= 15 is 0 Å².